The summed E-state index contributed by atoms with van der Waals surface area (Å²) in [6.07, 6.45) is 1.84. The van der Waals surface area contributed by atoms with Crippen LogP contribution >= 0.6 is 0 Å². The average Bonchev–Trinajstić information content (AvgIpc) is 1.97. The lowest BCUT2D eigenvalue weighted by atomic mass is 10.2. The van der Waals surface area contributed by atoms with Gasteiger partial charge in [0.2, 0.25) is 0 Å². The summed E-state index contributed by atoms with van der Waals surface area (Å²) in [5.41, 5.74) is 3.52. The van der Waals surface area contributed by atoms with Gasteiger partial charge in [-0.15, -0.1) is 0 Å². The number of rotatable bonds is 2. The standard InChI is InChI=1S/C9H14N2/c1-4-10-9-7(2)5-6-11-8(9)3/h5-6,10H,4H2,1-3H3. The zero-order chi connectivity index (χ0) is 8.27. The number of hydrogen-bond acceptors (Lipinski definition) is 2. The van der Waals surface area contributed by atoms with Crippen LogP contribution in [0.3, 0.4) is 0 Å². The van der Waals surface area contributed by atoms with E-state index in [2.05, 4.69) is 24.1 Å². The first-order valence-electron chi connectivity index (χ1n) is 3.91. The van der Waals surface area contributed by atoms with E-state index in [1.54, 1.807) is 0 Å². The summed E-state index contributed by atoms with van der Waals surface area (Å²) in [4.78, 5) is 4.20. The molecule has 0 saturated heterocycles. The highest BCUT2D eigenvalue weighted by Crippen LogP contribution is 2.16. The normalized spacial score (nSPS) is 9.73. The Morgan fingerprint density at radius 2 is 2.18 bits per heavy atom. The molecule has 0 aliphatic carbocycles. The Morgan fingerprint density at radius 3 is 2.73 bits per heavy atom. The molecule has 0 unspecified atom stereocenters. The van der Waals surface area contributed by atoms with Gasteiger partial charge in [0.05, 0.1) is 11.4 Å². The molecule has 2 heteroatoms. The van der Waals surface area contributed by atoms with Gasteiger partial charge in [0, 0.05) is 12.7 Å². The molecule has 1 heterocycles. The minimum absolute atomic E-state index is 0.952. The third-order valence-corrected chi connectivity index (χ3v) is 1.70. The molecule has 0 amide bonds. The van der Waals surface area contributed by atoms with E-state index in [1.165, 1.54) is 11.3 Å². The largest absolute Gasteiger partial charge is 0.384 e. The highest BCUT2D eigenvalue weighted by atomic mass is 14.9. The summed E-state index contributed by atoms with van der Waals surface area (Å²) in [5.74, 6) is 0. The molecule has 0 radical (unpaired) electrons. The lowest BCUT2D eigenvalue weighted by molar-refractivity contribution is 1.12. The quantitative estimate of drug-likeness (QED) is 0.698. The molecule has 0 saturated carbocycles. The summed E-state index contributed by atoms with van der Waals surface area (Å²) >= 11 is 0. The van der Waals surface area contributed by atoms with E-state index in [4.69, 9.17) is 0 Å². The summed E-state index contributed by atoms with van der Waals surface area (Å²) < 4.78 is 0. The van der Waals surface area contributed by atoms with Gasteiger partial charge in [-0.3, -0.25) is 4.98 Å². The molecule has 0 spiro atoms. The molecule has 1 rings (SSSR count). The maximum absolute atomic E-state index is 4.20. The summed E-state index contributed by atoms with van der Waals surface area (Å²) in [6.45, 7) is 7.15. The highest BCUT2D eigenvalue weighted by Gasteiger charge is 1.99. The van der Waals surface area contributed by atoms with Crippen LogP contribution < -0.4 is 5.32 Å². The zero-order valence-electron chi connectivity index (χ0n) is 7.31. The van der Waals surface area contributed by atoms with E-state index < -0.39 is 0 Å². The van der Waals surface area contributed by atoms with Crippen LogP contribution in [-0.2, 0) is 0 Å². The van der Waals surface area contributed by atoms with Gasteiger partial charge in [0.1, 0.15) is 0 Å². The third kappa shape index (κ3) is 1.70. The van der Waals surface area contributed by atoms with Crippen LogP contribution in [0, 0.1) is 13.8 Å². The van der Waals surface area contributed by atoms with Crippen molar-refractivity contribution in [1.29, 1.82) is 0 Å². The van der Waals surface area contributed by atoms with Crippen molar-refractivity contribution in [3.05, 3.63) is 23.5 Å². The van der Waals surface area contributed by atoms with Crippen LogP contribution in [-0.4, -0.2) is 11.5 Å². The Kier molecular flexibility index (Phi) is 2.47. The van der Waals surface area contributed by atoms with Gasteiger partial charge in [0.25, 0.3) is 0 Å². The maximum atomic E-state index is 4.20. The second kappa shape index (κ2) is 3.37. The Bertz CT molecular complexity index is 223. The van der Waals surface area contributed by atoms with Crippen molar-refractivity contribution in [1.82, 2.24) is 4.98 Å². The first-order chi connectivity index (χ1) is 5.25. The number of anilines is 1. The van der Waals surface area contributed by atoms with Crippen molar-refractivity contribution in [2.75, 3.05) is 11.9 Å². The Morgan fingerprint density at radius 1 is 1.45 bits per heavy atom. The molecule has 0 aromatic carbocycles. The number of nitrogens with one attached hydrogen (secondary N) is 1. The molecule has 11 heavy (non-hydrogen) atoms. The molecule has 1 N–H and O–H groups in total. The van der Waals surface area contributed by atoms with Crippen molar-refractivity contribution in [2.45, 2.75) is 20.8 Å². The van der Waals surface area contributed by atoms with Crippen LogP contribution in [0.5, 0.6) is 0 Å². The Labute approximate surface area is 67.7 Å². The molecule has 0 atom stereocenters. The average molecular weight is 150 g/mol. The number of aromatic nitrogens is 1. The topological polar surface area (TPSA) is 24.9 Å². The first kappa shape index (κ1) is 8.05. The molecule has 1 aromatic heterocycles. The van der Waals surface area contributed by atoms with E-state index in [-0.39, 0.29) is 0 Å². The second-order valence-electron chi connectivity index (χ2n) is 2.62. The number of nitrogens with zero attached hydrogens (tertiary/aromatic N) is 1. The Hall–Kier alpha value is -1.05. The number of aryl methyl sites for hydroxylation is 2. The van der Waals surface area contributed by atoms with Crippen LogP contribution in [0.4, 0.5) is 5.69 Å². The van der Waals surface area contributed by atoms with Crippen LogP contribution in [0.15, 0.2) is 12.3 Å². The Balaban J connectivity index is 3.00. The van der Waals surface area contributed by atoms with E-state index >= 15 is 0 Å². The fourth-order valence-electron chi connectivity index (χ4n) is 1.14. The minimum Gasteiger partial charge on any atom is -0.384 e. The number of hydrogen-bond donors (Lipinski definition) is 1. The summed E-state index contributed by atoms with van der Waals surface area (Å²) in [6, 6.07) is 2.02. The van der Waals surface area contributed by atoms with Crippen molar-refractivity contribution in [3.8, 4) is 0 Å². The lowest BCUT2D eigenvalue weighted by Crippen LogP contribution is -2.01. The molecule has 0 bridgehead atoms. The molecule has 0 fully saturated rings. The van der Waals surface area contributed by atoms with Crippen molar-refractivity contribution >= 4 is 5.69 Å². The summed E-state index contributed by atoms with van der Waals surface area (Å²) in [5, 5.41) is 3.28. The van der Waals surface area contributed by atoms with Gasteiger partial charge in [-0.25, -0.2) is 0 Å². The SMILES string of the molecule is CCNc1c(C)ccnc1C. The van der Waals surface area contributed by atoms with Gasteiger partial charge >= 0.3 is 0 Å². The van der Waals surface area contributed by atoms with Crippen LogP contribution in [0.25, 0.3) is 0 Å². The van der Waals surface area contributed by atoms with E-state index in [0.717, 1.165) is 12.2 Å². The molecule has 1 aromatic rings. The fourth-order valence-corrected chi connectivity index (χ4v) is 1.14. The summed E-state index contributed by atoms with van der Waals surface area (Å²) in [7, 11) is 0. The molecular formula is C9H14N2. The van der Waals surface area contributed by atoms with E-state index in [0.29, 0.717) is 0 Å². The van der Waals surface area contributed by atoms with Gasteiger partial charge in [0.15, 0.2) is 0 Å². The molecular weight excluding hydrogens is 136 g/mol. The highest BCUT2D eigenvalue weighted by molar-refractivity contribution is 5.53. The smallest absolute Gasteiger partial charge is 0.0606 e. The predicted molar refractivity (Wildman–Crippen MR) is 47.9 cm³/mol. The van der Waals surface area contributed by atoms with Crippen LogP contribution in [0.2, 0.25) is 0 Å². The minimum atomic E-state index is 0.952. The number of pyridine rings is 1. The van der Waals surface area contributed by atoms with E-state index in [1.807, 2.05) is 19.2 Å². The van der Waals surface area contributed by atoms with E-state index in [9.17, 15) is 0 Å². The maximum Gasteiger partial charge on any atom is 0.0606 e. The monoisotopic (exact) mass is 150 g/mol. The first-order valence-corrected chi connectivity index (χ1v) is 3.91. The van der Waals surface area contributed by atoms with Crippen molar-refractivity contribution < 1.29 is 0 Å². The molecule has 60 valence electrons. The third-order valence-electron chi connectivity index (χ3n) is 1.70. The predicted octanol–water partition coefficient (Wildman–Crippen LogP) is 2.13. The van der Waals surface area contributed by atoms with Gasteiger partial charge < -0.3 is 5.32 Å². The van der Waals surface area contributed by atoms with Gasteiger partial charge in [-0.05, 0) is 32.4 Å². The van der Waals surface area contributed by atoms with Crippen LogP contribution in [0.1, 0.15) is 18.2 Å². The molecule has 0 aliphatic rings. The molecule has 2 nitrogen and oxygen atoms in total. The van der Waals surface area contributed by atoms with Gasteiger partial charge in [-0.2, -0.15) is 0 Å². The van der Waals surface area contributed by atoms with Crippen molar-refractivity contribution in [3.63, 3.8) is 0 Å². The zero-order valence-corrected chi connectivity index (χ0v) is 7.31. The second-order valence-corrected chi connectivity index (χ2v) is 2.62. The van der Waals surface area contributed by atoms with Gasteiger partial charge in [-0.1, -0.05) is 0 Å². The molecule has 0 aliphatic heterocycles. The lowest BCUT2D eigenvalue weighted by Gasteiger charge is -2.08. The van der Waals surface area contributed by atoms with Crippen molar-refractivity contribution in [2.24, 2.45) is 0 Å². The fraction of sp³-hybridized carbons (Fsp3) is 0.444.